The van der Waals surface area contributed by atoms with Crippen LogP contribution in [0.3, 0.4) is 0 Å². The first-order valence-corrected chi connectivity index (χ1v) is 7.77. The predicted molar refractivity (Wildman–Crippen MR) is 94.4 cm³/mol. The topological polar surface area (TPSA) is 60.2 Å². The quantitative estimate of drug-likeness (QED) is 0.677. The molecule has 0 aliphatic carbocycles. The van der Waals surface area contributed by atoms with Gasteiger partial charge in [0, 0.05) is 42.4 Å². The molecule has 0 N–H and O–H groups in total. The van der Waals surface area contributed by atoms with Crippen molar-refractivity contribution in [1.82, 2.24) is 14.8 Å². The van der Waals surface area contributed by atoms with Crippen molar-refractivity contribution in [2.45, 2.75) is 20.4 Å². The Morgan fingerprint density at radius 1 is 1.33 bits per heavy atom. The molecular formula is C18H20N4O2. The molecule has 3 aromatic rings. The number of pyridine rings is 1. The van der Waals surface area contributed by atoms with Gasteiger partial charge in [0.05, 0.1) is 30.7 Å². The van der Waals surface area contributed by atoms with Crippen LogP contribution in [-0.4, -0.2) is 35.3 Å². The predicted octanol–water partition coefficient (Wildman–Crippen LogP) is 3.03. The fraction of sp³-hybridized carbons (Fsp3) is 0.278. The molecule has 2 aromatic heterocycles. The SMILES string of the molecule is CCn1cc(-c2cc3c(C)c(N(C)C=O)cnc3cc2OC)cn1. The first kappa shape index (κ1) is 16.0. The van der Waals surface area contributed by atoms with Gasteiger partial charge in [-0.2, -0.15) is 5.10 Å². The summed E-state index contributed by atoms with van der Waals surface area (Å²) in [5, 5.41) is 5.33. The number of fused-ring (bicyclic) bond motifs is 1. The maximum atomic E-state index is 11.1. The number of carbonyl (C=O) groups excluding carboxylic acids is 1. The van der Waals surface area contributed by atoms with Crippen molar-refractivity contribution in [3.63, 3.8) is 0 Å². The van der Waals surface area contributed by atoms with Gasteiger partial charge in [-0.25, -0.2) is 0 Å². The highest BCUT2D eigenvalue weighted by molar-refractivity contribution is 5.94. The van der Waals surface area contributed by atoms with Gasteiger partial charge in [-0.3, -0.25) is 14.5 Å². The highest BCUT2D eigenvalue weighted by Gasteiger charge is 2.14. The monoisotopic (exact) mass is 324 g/mol. The molecule has 6 nitrogen and oxygen atoms in total. The van der Waals surface area contributed by atoms with E-state index in [1.165, 1.54) is 4.90 Å². The molecule has 0 spiro atoms. The molecule has 24 heavy (non-hydrogen) atoms. The Hall–Kier alpha value is -2.89. The zero-order chi connectivity index (χ0) is 17.3. The largest absolute Gasteiger partial charge is 0.496 e. The van der Waals surface area contributed by atoms with E-state index in [1.807, 2.05) is 37.0 Å². The van der Waals surface area contributed by atoms with Crippen LogP contribution < -0.4 is 9.64 Å². The Bertz CT molecular complexity index is 901. The summed E-state index contributed by atoms with van der Waals surface area (Å²) >= 11 is 0. The third kappa shape index (κ3) is 2.60. The summed E-state index contributed by atoms with van der Waals surface area (Å²) in [5.41, 5.74) is 4.57. The number of benzene rings is 1. The van der Waals surface area contributed by atoms with Crippen molar-refractivity contribution >= 4 is 23.0 Å². The maximum absolute atomic E-state index is 11.1. The second kappa shape index (κ2) is 6.31. The molecule has 0 unspecified atom stereocenters. The van der Waals surface area contributed by atoms with Gasteiger partial charge < -0.3 is 9.64 Å². The van der Waals surface area contributed by atoms with E-state index < -0.39 is 0 Å². The molecular weight excluding hydrogens is 304 g/mol. The van der Waals surface area contributed by atoms with Crippen LogP contribution in [0, 0.1) is 6.92 Å². The van der Waals surface area contributed by atoms with Gasteiger partial charge in [-0.1, -0.05) is 0 Å². The molecule has 1 aromatic carbocycles. The van der Waals surface area contributed by atoms with Crippen LogP contribution in [0.2, 0.25) is 0 Å². The van der Waals surface area contributed by atoms with Crippen molar-refractivity contribution in [1.29, 1.82) is 0 Å². The number of amides is 1. The lowest BCUT2D eigenvalue weighted by atomic mass is 10.0. The molecule has 6 heteroatoms. The summed E-state index contributed by atoms with van der Waals surface area (Å²) in [5.74, 6) is 0.751. The minimum atomic E-state index is 0.751. The molecule has 0 atom stereocenters. The number of aromatic nitrogens is 3. The van der Waals surface area contributed by atoms with Crippen molar-refractivity contribution in [2.75, 3.05) is 19.1 Å². The Kier molecular flexibility index (Phi) is 4.20. The third-order valence-corrected chi connectivity index (χ3v) is 4.24. The molecule has 0 aliphatic rings. The van der Waals surface area contributed by atoms with E-state index in [0.717, 1.165) is 52.0 Å². The Balaban J connectivity index is 2.24. The number of hydrogen-bond acceptors (Lipinski definition) is 4. The number of carbonyl (C=O) groups is 1. The lowest BCUT2D eigenvalue weighted by molar-refractivity contribution is -0.107. The molecule has 0 saturated carbocycles. The number of nitrogens with zero attached hydrogens (tertiary/aromatic N) is 4. The summed E-state index contributed by atoms with van der Waals surface area (Å²) < 4.78 is 7.42. The number of anilines is 1. The Morgan fingerprint density at radius 2 is 2.12 bits per heavy atom. The van der Waals surface area contributed by atoms with Crippen LogP contribution in [0.25, 0.3) is 22.0 Å². The normalized spacial score (nSPS) is 10.8. The van der Waals surface area contributed by atoms with Gasteiger partial charge in [-0.05, 0) is 25.5 Å². The van der Waals surface area contributed by atoms with Crippen molar-refractivity contribution in [2.24, 2.45) is 0 Å². The molecule has 0 radical (unpaired) electrons. The number of aryl methyl sites for hydroxylation is 2. The average molecular weight is 324 g/mol. The van der Waals surface area contributed by atoms with Crippen molar-refractivity contribution in [3.05, 3.63) is 36.3 Å². The standard InChI is InChI=1S/C18H20N4O2/c1-5-22-10-13(8-20-22)15-6-14-12(2)17(21(3)11-23)9-19-16(14)7-18(15)24-4/h6-11H,5H2,1-4H3. The van der Waals surface area contributed by atoms with E-state index in [-0.39, 0.29) is 0 Å². The first-order chi connectivity index (χ1) is 11.6. The third-order valence-electron chi connectivity index (χ3n) is 4.24. The van der Waals surface area contributed by atoms with Crippen LogP contribution in [0.15, 0.2) is 30.7 Å². The molecule has 2 heterocycles. The summed E-state index contributed by atoms with van der Waals surface area (Å²) in [7, 11) is 3.37. The van der Waals surface area contributed by atoms with Crippen molar-refractivity contribution in [3.8, 4) is 16.9 Å². The van der Waals surface area contributed by atoms with Gasteiger partial charge in [0.2, 0.25) is 6.41 Å². The van der Waals surface area contributed by atoms with Gasteiger partial charge in [0.25, 0.3) is 0 Å². The summed E-state index contributed by atoms with van der Waals surface area (Å²) in [6.07, 6.45) is 6.32. The second-order valence-corrected chi connectivity index (χ2v) is 5.64. The fourth-order valence-corrected chi connectivity index (χ4v) is 2.82. The average Bonchev–Trinajstić information content (AvgIpc) is 3.09. The van der Waals surface area contributed by atoms with Crippen LogP contribution >= 0.6 is 0 Å². The highest BCUT2D eigenvalue weighted by Crippen LogP contribution is 2.36. The minimum absolute atomic E-state index is 0.751. The van der Waals surface area contributed by atoms with Crippen LogP contribution in [0.5, 0.6) is 5.75 Å². The number of rotatable bonds is 5. The lowest BCUT2D eigenvalue weighted by Crippen LogP contribution is -2.15. The highest BCUT2D eigenvalue weighted by atomic mass is 16.5. The van der Waals surface area contributed by atoms with Crippen LogP contribution in [-0.2, 0) is 11.3 Å². The van der Waals surface area contributed by atoms with E-state index in [9.17, 15) is 4.79 Å². The number of methoxy groups -OCH3 is 1. The lowest BCUT2D eigenvalue weighted by Gasteiger charge is -2.16. The van der Waals surface area contributed by atoms with Gasteiger partial charge in [0.15, 0.2) is 0 Å². The van der Waals surface area contributed by atoms with E-state index in [4.69, 9.17) is 4.74 Å². The molecule has 0 bridgehead atoms. The second-order valence-electron chi connectivity index (χ2n) is 5.64. The zero-order valence-electron chi connectivity index (χ0n) is 14.3. The number of ether oxygens (including phenoxy) is 1. The molecule has 1 amide bonds. The smallest absolute Gasteiger partial charge is 0.213 e. The van der Waals surface area contributed by atoms with E-state index in [2.05, 4.69) is 16.1 Å². The van der Waals surface area contributed by atoms with E-state index >= 15 is 0 Å². The molecule has 3 rings (SSSR count). The molecule has 0 saturated heterocycles. The van der Waals surface area contributed by atoms with E-state index in [1.54, 1.807) is 20.4 Å². The summed E-state index contributed by atoms with van der Waals surface area (Å²) in [6, 6.07) is 3.97. The van der Waals surface area contributed by atoms with E-state index in [0.29, 0.717) is 0 Å². The summed E-state index contributed by atoms with van der Waals surface area (Å²) in [4.78, 5) is 17.1. The number of hydrogen-bond donors (Lipinski definition) is 0. The Morgan fingerprint density at radius 3 is 2.75 bits per heavy atom. The van der Waals surface area contributed by atoms with Crippen molar-refractivity contribution < 1.29 is 9.53 Å². The molecule has 0 aliphatic heterocycles. The minimum Gasteiger partial charge on any atom is -0.496 e. The fourth-order valence-electron chi connectivity index (χ4n) is 2.82. The van der Waals surface area contributed by atoms with Gasteiger partial charge >= 0.3 is 0 Å². The zero-order valence-corrected chi connectivity index (χ0v) is 14.3. The van der Waals surface area contributed by atoms with Gasteiger partial charge in [0.1, 0.15) is 5.75 Å². The summed E-state index contributed by atoms with van der Waals surface area (Å²) in [6.45, 7) is 4.85. The molecule has 124 valence electrons. The maximum Gasteiger partial charge on any atom is 0.213 e. The van der Waals surface area contributed by atoms with Crippen LogP contribution in [0.1, 0.15) is 12.5 Å². The first-order valence-electron chi connectivity index (χ1n) is 7.77. The van der Waals surface area contributed by atoms with Crippen LogP contribution in [0.4, 0.5) is 5.69 Å². The van der Waals surface area contributed by atoms with Gasteiger partial charge in [-0.15, -0.1) is 0 Å². The Labute approximate surface area is 140 Å². The molecule has 0 fully saturated rings.